The molecule has 0 bridgehead atoms. The van der Waals surface area contributed by atoms with Crippen molar-refractivity contribution in [3.63, 3.8) is 0 Å². The minimum absolute atomic E-state index is 0. The minimum atomic E-state index is -0.125. The molecule has 0 spiro atoms. The Hall–Kier alpha value is -3.33. The standard InChI is InChI=1S/C23H24N2O4.CH4/c24-13-6-8-17-7-1-2-10-19(17)23(28)25-14-4-3-9-18(25)16-29-22-12-5-11-21(27)20(22)15-26;/h1-2,5,7,10-12,15,18,27H,3-4,6,8-9,14,16H2;1H4/t18-;/m0./s1. The van der Waals surface area contributed by atoms with Gasteiger partial charge >= 0.3 is 0 Å². The second-order valence-corrected chi connectivity index (χ2v) is 7.08. The summed E-state index contributed by atoms with van der Waals surface area (Å²) >= 11 is 0. The normalized spacial score (nSPS) is 15.6. The van der Waals surface area contributed by atoms with Gasteiger partial charge in [0.25, 0.3) is 5.91 Å². The number of benzene rings is 2. The van der Waals surface area contributed by atoms with Gasteiger partial charge < -0.3 is 14.7 Å². The van der Waals surface area contributed by atoms with E-state index in [4.69, 9.17) is 10.00 Å². The van der Waals surface area contributed by atoms with E-state index in [9.17, 15) is 14.7 Å². The molecule has 0 aliphatic carbocycles. The van der Waals surface area contributed by atoms with Crippen LogP contribution in [0.1, 0.15) is 59.4 Å². The summed E-state index contributed by atoms with van der Waals surface area (Å²) in [7, 11) is 0. The number of ether oxygens (including phenoxy) is 1. The maximum atomic E-state index is 13.3. The zero-order valence-electron chi connectivity index (χ0n) is 16.2. The molecule has 0 unspecified atom stereocenters. The molecule has 1 saturated heterocycles. The number of carbonyl (C=O) groups is 2. The highest BCUT2D eigenvalue weighted by atomic mass is 16.5. The van der Waals surface area contributed by atoms with Crippen molar-refractivity contribution in [3.05, 3.63) is 59.2 Å². The summed E-state index contributed by atoms with van der Waals surface area (Å²) in [4.78, 5) is 26.4. The lowest BCUT2D eigenvalue weighted by Gasteiger charge is -2.36. The molecule has 3 rings (SSSR count). The molecule has 2 aromatic carbocycles. The number of nitriles is 1. The molecule has 6 heteroatoms. The van der Waals surface area contributed by atoms with Gasteiger partial charge in [0.15, 0.2) is 6.29 Å². The van der Waals surface area contributed by atoms with Gasteiger partial charge in [0.1, 0.15) is 18.1 Å². The van der Waals surface area contributed by atoms with Gasteiger partial charge in [0.2, 0.25) is 0 Å². The monoisotopic (exact) mass is 408 g/mol. The Kier molecular flexibility index (Phi) is 8.42. The van der Waals surface area contributed by atoms with E-state index in [0.717, 1.165) is 24.8 Å². The Balaban J connectivity index is 0.00000320. The number of amides is 1. The quantitative estimate of drug-likeness (QED) is 0.687. The number of piperidine rings is 1. The number of aromatic hydroxyl groups is 1. The zero-order chi connectivity index (χ0) is 20.6. The lowest BCUT2D eigenvalue weighted by atomic mass is 9.98. The van der Waals surface area contributed by atoms with Crippen molar-refractivity contribution >= 4 is 12.2 Å². The van der Waals surface area contributed by atoms with E-state index in [1.54, 1.807) is 18.2 Å². The third kappa shape index (κ3) is 5.18. The van der Waals surface area contributed by atoms with Crippen molar-refractivity contribution in [1.29, 1.82) is 5.26 Å². The SMILES string of the molecule is C.N#CCCc1ccccc1C(=O)N1CCCC[C@H]1COc1cccc(O)c1C=O. The molecule has 30 heavy (non-hydrogen) atoms. The molecule has 1 amide bonds. The first-order valence-electron chi connectivity index (χ1n) is 9.81. The van der Waals surface area contributed by atoms with Gasteiger partial charge in [-0.15, -0.1) is 0 Å². The summed E-state index contributed by atoms with van der Waals surface area (Å²) in [6.45, 7) is 0.885. The van der Waals surface area contributed by atoms with Crippen LogP contribution < -0.4 is 4.74 Å². The smallest absolute Gasteiger partial charge is 0.254 e. The minimum Gasteiger partial charge on any atom is -0.507 e. The number of nitrogens with zero attached hydrogens (tertiary/aromatic N) is 2. The molecule has 0 aromatic heterocycles. The molecule has 1 aliphatic heterocycles. The van der Waals surface area contributed by atoms with Crippen molar-refractivity contribution in [2.45, 2.75) is 45.6 Å². The van der Waals surface area contributed by atoms with E-state index >= 15 is 0 Å². The number of rotatable bonds is 7. The van der Waals surface area contributed by atoms with Gasteiger partial charge in [-0.2, -0.15) is 5.26 Å². The van der Waals surface area contributed by atoms with Crippen molar-refractivity contribution in [1.82, 2.24) is 4.90 Å². The van der Waals surface area contributed by atoms with Crippen LogP contribution in [-0.2, 0) is 6.42 Å². The van der Waals surface area contributed by atoms with Crippen LogP contribution in [0.4, 0.5) is 0 Å². The highest BCUT2D eigenvalue weighted by molar-refractivity contribution is 5.96. The number of likely N-dealkylation sites (tertiary alicyclic amines) is 1. The predicted octanol–water partition coefficient (Wildman–Crippen LogP) is 4.37. The van der Waals surface area contributed by atoms with Gasteiger partial charge in [-0.05, 0) is 49.4 Å². The molecule has 1 N–H and O–H groups in total. The Labute approximate surface area is 177 Å². The summed E-state index contributed by atoms with van der Waals surface area (Å²) < 4.78 is 5.83. The third-order valence-corrected chi connectivity index (χ3v) is 5.23. The fourth-order valence-electron chi connectivity index (χ4n) is 3.70. The van der Waals surface area contributed by atoms with Crippen LogP contribution in [-0.4, -0.2) is 41.4 Å². The molecular formula is C24H28N2O4. The fraction of sp³-hybridized carbons (Fsp3) is 0.375. The maximum absolute atomic E-state index is 13.3. The van der Waals surface area contributed by atoms with E-state index in [1.807, 2.05) is 23.1 Å². The van der Waals surface area contributed by atoms with Crippen LogP contribution in [0, 0.1) is 11.3 Å². The van der Waals surface area contributed by atoms with E-state index < -0.39 is 0 Å². The van der Waals surface area contributed by atoms with Crippen LogP contribution in [0.25, 0.3) is 0 Å². The molecule has 0 radical (unpaired) electrons. The molecule has 2 aromatic rings. The Bertz CT molecular complexity index is 920. The zero-order valence-corrected chi connectivity index (χ0v) is 16.2. The average molecular weight is 408 g/mol. The number of hydrogen-bond donors (Lipinski definition) is 1. The fourth-order valence-corrected chi connectivity index (χ4v) is 3.70. The predicted molar refractivity (Wildman–Crippen MR) is 115 cm³/mol. The molecule has 6 nitrogen and oxygen atoms in total. The van der Waals surface area contributed by atoms with E-state index in [-0.39, 0.29) is 37.3 Å². The Morgan fingerprint density at radius 1 is 1.23 bits per heavy atom. The number of phenols is 1. The van der Waals surface area contributed by atoms with Crippen LogP contribution in [0.2, 0.25) is 0 Å². The summed E-state index contributed by atoms with van der Waals surface area (Å²) in [5.74, 6) is 0.131. The van der Waals surface area contributed by atoms with E-state index in [1.165, 1.54) is 6.07 Å². The second-order valence-electron chi connectivity index (χ2n) is 7.08. The van der Waals surface area contributed by atoms with Crippen LogP contribution in [0.5, 0.6) is 11.5 Å². The Morgan fingerprint density at radius 3 is 2.80 bits per heavy atom. The summed E-state index contributed by atoms with van der Waals surface area (Å²) in [6.07, 6.45) is 4.20. The molecule has 1 fully saturated rings. The lowest BCUT2D eigenvalue weighted by Crippen LogP contribution is -2.47. The van der Waals surface area contributed by atoms with Crippen LogP contribution in [0.15, 0.2) is 42.5 Å². The van der Waals surface area contributed by atoms with Crippen molar-refractivity contribution < 1.29 is 19.4 Å². The van der Waals surface area contributed by atoms with Gasteiger partial charge in [-0.25, -0.2) is 0 Å². The van der Waals surface area contributed by atoms with Gasteiger partial charge in [-0.3, -0.25) is 9.59 Å². The third-order valence-electron chi connectivity index (χ3n) is 5.23. The summed E-state index contributed by atoms with van der Waals surface area (Å²) in [5, 5.41) is 18.7. The van der Waals surface area contributed by atoms with Crippen molar-refractivity contribution in [2.75, 3.05) is 13.2 Å². The summed E-state index contributed by atoms with van der Waals surface area (Å²) in [5.41, 5.74) is 1.61. The lowest BCUT2D eigenvalue weighted by molar-refractivity contribution is 0.0525. The largest absolute Gasteiger partial charge is 0.507 e. The number of aldehydes is 1. The van der Waals surface area contributed by atoms with Gasteiger partial charge in [0.05, 0.1) is 17.7 Å². The first-order valence-corrected chi connectivity index (χ1v) is 9.81. The Morgan fingerprint density at radius 2 is 2.03 bits per heavy atom. The molecule has 1 aliphatic rings. The average Bonchev–Trinajstić information content (AvgIpc) is 2.76. The first kappa shape index (κ1) is 23.0. The highest BCUT2D eigenvalue weighted by Gasteiger charge is 2.29. The molecule has 1 heterocycles. The number of aryl methyl sites for hydroxylation is 1. The summed E-state index contributed by atoms with van der Waals surface area (Å²) in [6, 6.07) is 14.1. The van der Waals surface area contributed by atoms with Crippen LogP contribution >= 0.6 is 0 Å². The van der Waals surface area contributed by atoms with Crippen molar-refractivity contribution in [2.24, 2.45) is 0 Å². The van der Waals surface area contributed by atoms with Gasteiger partial charge in [-0.1, -0.05) is 31.7 Å². The number of phenolic OH excluding ortho intramolecular Hbond substituents is 1. The first-order chi connectivity index (χ1) is 14.2. The van der Waals surface area contributed by atoms with Crippen molar-refractivity contribution in [3.8, 4) is 17.6 Å². The second kappa shape index (κ2) is 11.0. The van der Waals surface area contributed by atoms with E-state index in [2.05, 4.69) is 6.07 Å². The number of carbonyl (C=O) groups excluding carboxylic acids is 2. The number of hydrogen-bond acceptors (Lipinski definition) is 5. The molecule has 158 valence electrons. The molecule has 1 atom stereocenters. The molecule has 0 saturated carbocycles. The molecular weight excluding hydrogens is 380 g/mol. The van der Waals surface area contributed by atoms with Gasteiger partial charge in [0, 0.05) is 18.5 Å². The van der Waals surface area contributed by atoms with Crippen LogP contribution in [0.3, 0.4) is 0 Å². The highest BCUT2D eigenvalue weighted by Crippen LogP contribution is 2.27. The maximum Gasteiger partial charge on any atom is 0.254 e. The van der Waals surface area contributed by atoms with E-state index in [0.29, 0.717) is 37.0 Å². The topological polar surface area (TPSA) is 90.6 Å².